The lowest BCUT2D eigenvalue weighted by atomic mass is 10.1. The standard InChI is InChI=1S/C13H15N3O3/c1-9-5-6-11-10(13(9)16(17)18)8-14-15(11)12-4-2-3-7-19-12/h5-6,8,12H,2-4,7H2,1H3. The van der Waals surface area contributed by atoms with Crippen molar-refractivity contribution in [1.82, 2.24) is 9.78 Å². The van der Waals surface area contributed by atoms with Gasteiger partial charge in [0.2, 0.25) is 0 Å². The molecule has 0 N–H and O–H groups in total. The van der Waals surface area contributed by atoms with Gasteiger partial charge in [-0.2, -0.15) is 5.10 Å². The Morgan fingerprint density at radius 2 is 2.32 bits per heavy atom. The van der Waals surface area contributed by atoms with Crippen molar-refractivity contribution < 1.29 is 9.66 Å². The van der Waals surface area contributed by atoms with Crippen LogP contribution < -0.4 is 0 Å². The van der Waals surface area contributed by atoms with Crippen molar-refractivity contribution in [3.05, 3.63) is 34.0 Å². The second-order valence-corrected chi connectivity index (χ2v) is 4.83. The number of nitro benzene ring substituents is 1. The van der Waals surface area contributed by atoms with Gasteiger partial charge in [-0.25, -0.2) is 4.68 Å². The average molecular weight is 261 g/mol. The highest BCUT2D eigenvalue weighted by Gasteiger charge is 2.23. The fourth-order valence-electron chi connectivity index (χ4n) is 2.60. The van der Waals surface area contributed by atoms with Gasteiger partial charge >= 0.3 is 0 Å². The highest BCUT2D eigenvalue weighted by atomic mass is 16.6. The summed E-state index contributed by atoms with van der Waals surface area (Å²) in [5.41, 5.74) is 1.56. The molecule has 0 amide bonds. The van der Waals surface area contributed by atoms with Crippen LogP contribution in [0.2, 0.25) is 0 Å². The number of nitro groups is 1. The van der Waals surface area contributed by atoms with Crippen molar-refractivity contribution in [2.75, 3.05) is 6.61 Å². The summed E-state index contributed by atoms with van der Waals surface area (Å²) in [6.45, 7) is 2.46. The predicted molar refractivity (Wildman–Crippen MR) is 70.0 cm³/mol. The van der Waals surface area contributed by atoms with Crippen molar-refractivity contribution >= 4 is 16.6 Å². The third kappa shape index (κ3) is 1.98. The zero-order chi connectivity index (χ0) is 13.4. The fourth-order valence-corrected chi connectivity index (χ4v) is 2.60. The van der Waals surface area contributed by atoms with E-state index in [1.807, 2.05) is 6.07 Å². The second-order valence-electron chi connectivity index (χ2n) is 4.83. The van der Waals surface area contributed by atoms with Crippen LogP contribution in [0.4, 0.5) is 5.69 Å². The summed E-state index contributed by atoms with van der Waals surface area (Å²) < 4.78 is 7.46. The van der Waals surface area contributed by atoms with Crippen molar-refractivity contribution in [2.24, 2.45) is 0 Å². The van der Waals surface area contributed by atoms with Crippen LogP contribution in [0.1, 0.15) is 31.1 Å². The van der Waals surface area contributed by atoms with E-state index in [4.69, 9.17) is 4.74 Å². The van der Waals surface area contributed by atoms with Gasteiger partial charge in [0.05, 0.1) is 22.0 Å². The molecular formula is C13H15N3O3. The van der Waals surface area contributed by atoms with Crippen molar-refractivity contribution in [3.63, 3.8) is 0 Å². The van der Waals surface area contributed by atoms with Crippen LogP contribution in [0, 0.1) is 17.0 Å². The third-order valence-electron chi connectivity index (χ3n) is 3.56. The van der Waals surface area contributed by atoms with Gasteiger partial charge in [-0.1, -0.05) is 6.07 Å². The van der Waals surface area contributed by atoms with Crippen LogP contribution in [-0.4, -0.2) is 21.3 Å². The molecule has 1 aromatic carbocycles. The number of aryl methyl sites for hydroxylation is 1. The number of aromatic nitrogens is 2. The molecule has 1 unspecified atom stereocenters. The lowest BCUT2D eigenvalue weighted by Gasteiger charge is -2.23. The van der Waals surface area contributed by atoms with Gasteiger partial charge < -0.3 is 4.74 Å². The van der Waals surface area contributed by atoms with E-state index in [0.29, 0.717) is 10.9 Å². The molecule has 2 heterocycles. The Morgan fingerprint density at radius 3 is 3.00 bits per heavy atom. The molecule has 0 spiro atoms. The van der Waals surface area contributed by atoms with Gasteiger partial charge in [-0.15, -0.1) is 0 Å². The first kappa shape index (κ1) is 12.1. The number of hydrogen-bond acceptors (Lipinski definition) is 4. The molecule has 19 heavy (non-hydrogen) atoms. The number of benzene rings is 1. The van der Waals surface area contributed by atoms with E-state index in [1.54, 1.807) is 23.9 Å². The second kappa shape index (κ2) is 4.62. The Labute approximate surface area is 110 Å². The molecule has 100 valence electrons. The van der Waals surface area contributed by atoms with Crippen molar-refractivity contribution in [2.45, 2.75) is 32.4 Å². The monoisotopic (exact) mass is 261 g/mol. The van der Waals surface area contributed by atoms with Crippen molar-refractivity contribution in [1.29, 1.82) is 0 Å². The predicted octanol–water partition coefficient (Wildman–Crippen LogP) is 2.95. The highest BCUT2D eigenvalue weighted by molar-refractivity contribution is 5.89. The largest absolute Gasteiger partial charge is 0.356 e. The minimum atomic E-state index is -0.342. The molecule has 6 nitrogen and oxygen atoms in total. The number of rotatable bonds is 2. The van der Waals surface area contributed by atoms with Gasteiger partial charge in [-0.05, 0) is 32.3 Å². The molecule has 1 fully saturated rings. The Morgan fingerprint density at radius 1 is 1.47 bits per heavy atom. The normalized spacial score (nSPS) is 19.7. The summed E-state index contributed by atoms with van der Waals surface area (Å²) in [5.74, 6) is 0. The maximum atomic E-state index is 11.2. The number of hydrogen-bond donors (Lipinski definition) is 0. The number of fused-ring (bicyclic) bond motifs is 1. The fraction of sp³-hybridized carbons (Fsp3) is 0.462. The maximum Gasteiger partial charge on any atom is 0.283 e. The van der Waals surface area contributed by atoms with Crippen LogP contribution in [0.3, 0.4) is 0 Å². The van der Waals surface area contributed by atoms with E-state index in [-0.39, 0.29) is 16.8 Å². The smallest absolute Gasteiger partial charge is 0.283 e. The number of ether oxygens (including phenoxy) is 1. The molecule has 1 aliphatic heterocycles. The Hall–Kier alpha value is -1.95. The van der Waals surface area contributed by atoms with Crippen LogP contribution in [-0.2, 0) is 4.74 Å². The lowest BCUT2D eigenvalue weighted by molar-refractivity contribution is -0.383. The molecule has 6 heteroatoms. The van der Waals surface area contributed by atoms with Gasteiger partial charge in [-0.3, -0.25) is 10.1 Å². The van der Waals surface area contributed by atoms with E-state index in [1.165, 1.54) is 0 Å². The van der Waals surface area contributed by atoms with Gasteiger partial charge in [0.15, 0.2) is 6.23 Å². The SMILES string of the molecule is Cc1ccc2c(cnn2C2CCCCO2)c1[N+](=O)[O-]. The van der Waals surface area contributed by atoms with E-state index < -0.39 is 0 Å². The summed E-state index contributed by atoms with van der Waals surface area (Å²) in [4.78, 5) is 10.8. The lowest BCUT2D eigenvalue weighted by Crippen LogP contribution is -2.18. The quantitative estimate of drug-likeness (QED) is 0.615. The summed E-state index contributed by atoms with van der Waals surface area (Å²) >= 11 is 0. The van der Waals surface area contributed by atoms with E-state index in [2.05, 4.69) is 5.10 Å². The zero-order valence-corrected chi connectivity index (χ0v) is 10.7. The Bertz CT molecular complexity index is 629. The molecule has 1 saturated heterocycles. The first-order valence-electron chi connectivity index (χ1n) is 6.41. The minimum absolute atomic E-state index is 0.103. The van der Waals surface area contributed by atoms with Gasteiger partial charge in [0.1, 0.15) is 0 Å². The molecule has 1 aromatic heterocycles. The summed E-state index contributed by atoms with van der Waals surface area (Å²) in [7, 11) is 0. The Balaban J connectivity index is 2.13. The zero-order valence-electron chi connectivity index (χ0n) is 10.7. The molecule has 0 saturated carbocycles. The maximum absolute atomic E-state index is 11.2. The first-order chi connectivity index (χ1) is 9.18. The van der Waals surface area contributed by atoms with Crippen molar-refractivity contribution in [3.8, 4) is 0 Å². The van der Waals surface area contributed by atoms with E-state index in [9.17, 15) is 10.1 Å². The van der Waals surface area contributed by atoms with E-state index in [0.717, 1.165) is 31.4 Å². The molecule has 3 rings (SSSR count). The molecule has 0 aliphatic carbocycles. The van der Waals surface area contributed by atoms with Crippen LogP contribution in [0.5, 0.6) is 0 Å². The molecule has 1 atom stereocenters. The molecule has 0 radical (unpaired) electrons. The minimum Gasteiger partial charge on any atom is -0.356 e. The summed E-state index contributed by atoms with van der Waals surface area (Å²) in [6, 6.07) is 3.64. The van der Waals surface area contributed by atoms with Gasteiger partial charge in [0, 0.05) is 12.2 Å². The van der Waals surface area contributed by atoms with Crippen LogP contribution in [0.25, 0.3) is 10.9 Å². The van der Waals surface area contributed by atoms with E-state index >= 15 is 0 Å². The molecule has 0 bridgehead atoms. The third-order valence-corrected chi connectivity index (χ3v) is 3.56. The highest BCUT2D eigenvalue weighted by Crippen LogP contribution is 2.32. The van der Waals surface area contributed by atoms with Crippen LogP contribution >= 0.6 is 0 Å². The first-order valence-corrected chi connectivity index (χ1v) is 6.41. The molecular weight excluding hydrogens is 246 g/mol. The Kier molecular flexibility index (Phi) is 2.94. The average Bonchev–Trinajstić information content (AvgIpc) is 2.82. The topological polar surface area (TPSA) is 70.2 Å². The molecule has 2 aromatic rings. The van der Waals surface area contributed by atoms with Gasteiger partial charge in [0.25, 0.3) is 5.69 Å². The molecule has 1 aliphatic rings. The summed E-state index contributed by atoms with van der Waals surface area (Å²) in [5, 5.41) is 16.0. The number of nitrogens with zero attached hydrogens (tertiary/aromatic N) is 3. The van der Waals surface area contributed by atoms with Crippen LogP contribution in [0.15, 0.2) is 18.3 Å². The summed E-state index contributed by atoms with van der Waals surface area (Å²) in [6.07, 6.45) is 4.53.